The molecule has 1 unspecified atom stereocenters. The van der Waals surface area contributed by atoms with Gasteiger partial charge in [0.1, 0.15) is 0 Å². The molecule has 0 aliphatic carbocycles. The van der Waals surface area contributed by atoms with Gasteiger partial charge in [0.15, 0.2) is 0 Å². The van der Waals surface area contributed by atoms with Gasteiger partial charge >= 0.3 is 0 Å². The summed E-state index contributed by atoms with van der Waals surface area (Å²) in [6, 6.07) is 0.550. The van der Waals surface area contributed by atoms with Gasteiger partial charge in [-0.2, -0.15) is 0 Å². The lowest BCUT2D eigenvalue weighted by molar-refractivity contribution is -0.132. The SMILES string of the molecule is CC(C)CNCC1CCCCN1CC(=O)N1CCCC1. The van der Waals surface area contributed by atoms with Crippen molar-refractivity contribution in [1.82, 2.24) is 15.1 Å². The van der Waals surface area contributed by atoms with Gasteiger partial charge in [0.05, 0.1) is 6.54 Å². The molecule has 0 aromatic rings. The van der Waals surface area contributed by atoms with Crippen molar-refractivity contribution in [3.63, 3.8) is 0 Å². The van der Waals surface area contributed by atoms with Crippen molar-refractivity contribution in [3.8, 4) is 0 Å². The summed E-state index contributed by atoms with van der Waals surface area (Å²) >= 11 is 0. The molecule has 20 heavy (non-hydrogen) atoms. The van der Waals surface area contributed by atoms with E-state index >= 15 is 0 Å². The van der Waals surface area contributed by atoms with Crippen LogP contribution in [-0.4, -0.2) is 61.0 Å². The summed E-state index contributed by atoms with van der Waals surface area (Å²) in [5.41, 5.74) is 0. The number of carbonyl (C=O) groups is 1. The minimum absolute atomic E-state index is 0.346. The zero-order chi connectivity index (χ0) is 14.4. The van der Waals surface area contributed by atoms with Crippen molar-refractivity contribution in [2.45, 2.75) is 52.0 Å². The molecular weight excluding hydrogens is 250 g/mol. The predicted octanol–water partition coefficient (Wildman–Crippen LogP) is 1.71. The maximum atomic E-state index is 12.3. The van der Waals surface area contributed by atoms with Gasteiger partial charge in [-0.25, -0.2) is 0 Å². The highest BCUT2D eigenvalue weighted by Gasteiger charge is 2.26. The summed E-state index contributed by atoms with van der Waals surface area (Å²) < 4.78 is 0. The fourth-order valence-electron chi connectivity index (χ4n) is 3.28. The summed E-state index contributed by atoms with van der Waals surface area (Å²) in [5, 5.41) is 3.56. The summed E-state index contributed by atoms with van der Waals surface area (Å²) in [4.78, 5) is 16.8. The molecule has 1 atom stereocenters. The number of carbonyl (C=O) groups excluding carboxylic acids is 1. The second-order valence-corrected chi connectivity index (χ2v) is 6.76. The Morgan fingerprint density at radius 1 is 1.15 bits per heavy atom. The van der Waals surface area contributed by atoms with Crippen LogP contribution in [0.4, 0.5) is 0 Å². The molecule has 2 heterocycles. The van der Waals surface area contributed by atoms with Crippen molar-refractivity contribution >= 4 is 5.91 Å². The van der Waals surface area contributed by atoms with E-state index in [2.05, 4.69) is 24.1 Å². The van der Waals surface area contributed by atoms with E-state index in [0.29, 0.717) is 24.4 Å². The number of piperidine rings is 1. The van der Waals surface area contributed by atoms with Crippen LogP contribution in [-0.2, 0) is 4.79 Å². The molecule has 2 aliphatic heterocycles. The van der Waals surface area contributed by atoms with Crippen molar-refractivity contribution in [2.75, 3.05) is 39.3 Å². The molecule has 0 aromatic carbocycles. The molecule has 1 N–H and O–H groups in total. The van der Waals surface area contributed by atoms with E-state index in [0.717, 1.165) is 32.7 Å². The number of nitrogens with zero attached hydrogens (tertiary/aromatic N) is 2. The topological polar surface area (TPSA) is 35.6 Å². The monoisotopic (exact) mass is 281 g/mol. The first-order chi connectivity index (χ1) is 9.66. The molecular formula is C16H31N3O. The minimum atomic E-state index is 0.346. The minimum Gasteiger partial charge on any atom is -0.342 e. The second-order valence-electron chi connectivity index (χ2n) is 6.76. The summed E-state index contributed by atoms with van der Waals surface area (Å²) in [6.45, 7) is 10.3. The van der Waals surface area contributed by atoms with Gasteiger partial charge in [0, 0.05) is 25.7 Å². The van der Waals surface area contributed by atoms with Crippen LogP contribution in [0.15, 0.2) is 0 Å². The van der Waals surface area contributed by atoms with Gasteiger partial charge in [0.2, 0.25) is 5.91 Å². The number of hydrogen-bond donors (Lipinski definition) is 1. The normalized spacial score (nSPS) is 24.6. The molecule has 0 saturated carbocycles. The number of hydrogen-bond acceptors (Lipinski definition) is 3. The first-order valence-corrected chi connectivity index (χ1v) is 8.39. The van der Waals surface area contributed by atoms with E-state index in [-0.39, 0.29) is 0 Å². The quantitative estimate of drug-likeness (QED) is 0.805. The summed E-state index contributed by atoms with van der Waals surface area (Å²) in [5.74, 6) is 1.04. The Labute approximate surface area is 123 Å². The Balaban J connectivity index is 1.78. The number of likely N-dealkylation sites (tertiary alicyclic amines) is 2. The zero-order valence-corrected chi connectivity index (χ0v) is 13.2. The van der Waals surface area contributed by atoms with Crippen molar-refractivity contribution in [3.05, 3.63) is 0 Å². The van der Waals surface area contributed by atoms with Crippen LogP contribution in [0.5, 0.6) is 0 Å². The van der Waals surface area contributed by atoms with E-state index in [1.807, 2.05) is 4.90 Å². The number of nitrogens with one attached hydrogen (secondary N) is 1. The molecule has 0 spiro atoms. The first kappa shape index (κ1) is 15.8. The van der Waals surface area contributed by atoms with Gasteiger partial charge in [0.25, 0.3) is 0 Å². The molecule has 2 fully saturated rings. The third kappa shape index (κ3) is 4.74. The number of rotatable bonds is 6. The molecule has 2 aliphatic rings. The van der Waals surface area contributed by atoms with Gasteiger partial charge in [-0.15, -0.1) is 0 Å². The van der Waals surface area contributed by atoms with Crippen LogP contribution in [0, 0.1) is 5.92 Å². The van der Waals surface area contributed by atoms with Gasteiger partial charge < -0.3 is 10.2 Å². The molecule has 0 aromatic heterocycles. The molecule has 4 nitrogen and oxygen atoms in total. The molecule has 1 amide bonds. The molecule has 2 saturated heterocycles. The van der Waals surface area contributed by atoms with Crippen molar-refractivity contribution in [1.29, 1.82) is 0 Å². The third-order valence-corrected chi connectivity index (χ3v) is 4.48. The molecule has 4 heteroatoms. The smallest absolute Gasteiger partial charge is 0.236 e. The fraction of sp³-hybridized carbons (Fsp3) is 0.938. The first-order valence-electron chi connectivity index (χ1n) is 8.39. The lowest BCUT2D eigenvalue weighted by atomic mass is 10.0. The lowest BCUT2D eigenvalue weighted by Gasteiger charge is -2.36. The largest absolute Gasteiger partial charge is 0.342 e. The average molecular weight is 281 g/mol. The van der Waals surface area contributed by atoms with E-state index in [1.165, 1.54) is 32.1 Å². The Hall–Kier alpha value is -0.610. The Morgan fingerprint density at radius 3 is 2.55 bits per heavy atom. The zero-order valence-electron chi connectivity index (χ0n) is 13.2. The highest BCUT2D eigenvalue weighted by molar-refractivity contribution is 5.78. The van der Waals surface area contributed by atoms with Crippen molar-refractivity contribution in [2.24, 2.45) is 5.92 Å². The molecule has 2 rings (SSSR count). The van der Waals surface area contributed by atoms with Gasteiger partial charge in [-0.05, 0) is 44.7 Å². The fourth-order valence-corrected chi connectivity index (χ4v) is 3.28. The predicted molar refractivity (Wildman–Crippen MR) is 82.7 cm³/mol. The number of amides is 1. The summed E-state index contributed by atoms with van der Waals surface area (Å²) in [6.07, 6.45) is 6.16. The van der Waals surface area contributed by atoms with E-state index in [1.54, 1.807) is 0 Å². The molecule has 0 radical (unpaired) electrons. The lowest BCUT2D eigenvalue weighted by Crippen LogP contribution is -2.50. The van der Waals surface area contributed by atoms with Crippen LogP contribution in [0.25, 0.3) is 0 Å². The highest BCUT2D eigenvalue weighted by Crippen LogP contribution is 2.17. The third-order valence-electron chi connectivity index (χ3n) is 4.48. The van der Waals surface area contributed by atoms with Crippen LogP contribution in [0.3, 0.4) is 0 Å². The van der Waals surface area contributed by atoms with Crippen LogP contribution >= 0.6 is 0 Å². The Bertz CT molecular complexity index is 300. The average Bonchev–Trinajstić information content (AvgIpc) is 2.94. The van der Waals surface area contributed by atoms with E-state index in [9.17, 15) is 4.79 Å². The van der Waals surface area contributed by atoms with E-state index < -0.39 is 0 Å². The van der Waals surface area contributed by atoms with Crippen LogP contribution in [0.1, 0.15) is 46.0 Å². The Kier molecular flexibility index (Phi) is 6.30. The standard InChI is InChI=1S/C16H31N3O/c1-14(2)11-17-12-15-7-3-4-10-19(15)13-16(20)18-8-5-6-9-18/h14-15,17H,3-13H2,1-2H3. The maximum Gasteiger partial charge on any atom is 0.236 e. The Morgan fingerprint density at radius 2 is 1.85 bits per heavy atom. The second kappa shape index (κ2) is 7.99. The van der Waals surface area contributed by atoms with Gasteiger partial charge in [-0.3, -0.25) is 9.69 Å². The van der Waals surface area contributed by atoms with Crippen LogP contribution < -0.4 is 5.32 Å². The van der Waals surface area contributed by atoms with Crippen LogP contribution in [0.2, 0.25) is 0 Å². The van der Waals surface area contributed by atoms with Crippen molar-refractivity contribution < 1.29 is 4.79 Å². The molecule has 116 valence electrons. The highest BCUT2D eigenvalue weighted by atomic mass is 16.2. The van der Waals surface area contributed by atoms with Gasteiger partial charge in [-0.1, -0.05) is 20.3 Å². The molecule has 0 bridgehead atoms. The maximum absolute atomic E-state index is 12.3. The van der Waals surface area contributed by atoms with E-state index in [4.69, 9.17) is 0 Å². The summed E-state index contributed by atoms with van der Waals surface area (Å²) in [7, 11) is 0.